The van der Waals surface area contributed by atoms with Gasteiger partial charge >= 0.3 is 6.18 Å². The molecule has 154 valence electrons. The SMILES string of the molecule is FC(F)(F)c1cccc(NC(=S)OC2CCC23CCC(c2ccccc2)CC3)c1. The molecule has 2 aromatic rings. The minimum atomic E-state index is -4.38. The Hall–Kier alpha value is -2.08. The van der Waals surface area contributed by atoms with Gasteiger partial charge in [0.2, 0.25) is 0 Å². The van der Waals surface area contributed by atoms with Crippen molar-refractivity contribution in [1.29, 1.82) is 0 Å². The van der Waals surface area contributed by atoms with Crippen molar-refractivity contribution in [2.75, 3.05) is 5.32 Å². The maximum Gasteiger partial charge on any atom is 0.416 e. The molecule has 0 aromatic heterocycles. The minimum Gasteiger partial charge on any atom is -0.467 e. The third kappa shape index (κ3) is 4.42. The van der Waals surface area contributed by atoms with Gasteiger partial charge in [-0.2, -0.15) is 13.2 Å². The molecule has 29 heavy (non-hydrogen) atoms. The molecular formula is C23H24F3NOS. The molecule has 0 heterocycles. The van der Waals surface area contributed by atoms with Crippen molar-refractivity contribution >= 4 is 23.1 Å². The van der Waals surface area contributed by atoms with Crippen molar-refractivity contribution in [3.8, 4) is 0 Å². The van der Waals surface area contributed by atoms with Crippen molar-refractivity contribution in [3.63, 3.8) is 0 Å². The number of nitrogens with one attached hydrogen (secondary N) is 1. The molecule has 0 bridgehead atoms. The smallest absolute Gasteiger partial charge is 0.416 e. The fourth-order valence-corrected chi connectivity index (χ4v) is 4.96. The summed E-state index contributed by atoms with van der Waals surface area (Å²) in [5, 5.41) is 2.97. The molecule has 2 aliphatic rings. The van der Waals surface area contributed by atoms with Crippen LogP contribution < -0.4 is 5.32 Å². The fourth-order valence-electron chi connectivity index (χ4n) is 4.73. The van der Waals surface area contributed by atoms with Gasteiger partial charge in [0.05, 0.1) is 5.56 Å². The van der Waals surface area contributed by atoms with Crippen LogP contribution in [-0.2, 0) is 10.9 Å². The molecule has 1 N–H and O–H groups in total. The highest BCUT2D eigenvalue weighted by molar-refractivity contribution is 7.80. The van der Waals surface area contributed by atoms with Crippen LogP contribution in [0.3, 0.4) is 0 Å². The predicted octanol–water partition coefficient (Wildman–Crippen LogP) is 6.93. The Morgan fingerprint density at radius 1 is 0.966 bits per heavy atom. The van der Waals surface area contributed by atoms with Gasteiger partial charge in [-0.1, -0.05) is 36.4 Å². The lowest BCUT2D eigenvalue weighted by Gasteiger charge is -2.52. The monoisotopic (exact) mass is 419 g/mol. The Bertz CT molecular complexity index is 860. The van der Waals surface area contributed by atoms with Crippen molar-refractivity contribution in [2.45, 2.75) is 56.7 Å². The zero-order chi connectivity index (χ0) is 20.5. The zero-order valence-electron chi connectivity index (χ0n) is 16.0. The van der Waals surface area contributed by atoms with E-state index in [0.29, 0.717) is 11.6 Å². The second-order valence-corrected chi connectivity index (χ2v) is 8.55. The quantitative estimate of drug-likeness (QED) is 0.545. The normalized spacial score (nSPS) is 26.6. The summed E-state index contributed by atoms with van der Waals surface area (Å²) < 4.78 is 44.6. The van der Waals surface area contributed by atoms with Crippen LogP contribution in [0.1, 0.15) is 55.6 Å². The molecule has 1 unspecified atom stereocenters. The lowest BCUT2D eigenvalue weighted by atomic mass is 9.56. The van der Waals surface area contributed by atoms with Crippen LogP contribution in [0.15, 0.2) is 54.6 Å². The lowest BCUT2D eigenvalue weighted by molar-refractivity contribution is -0.137. The Balaban J connectivity index is 1.33. The number of anilines is 1. The summed E-state index contributed by atoms with van der Waals surface area (Å²) in [5.74, 6) is 0.596. The fraction of sp³-hybridized carbons (Fsp3) is 0.435. The summed E-state index contributed by atoms with van der Waals surface area (Å²) in [5.41, 5.74) is 1.15. The molecule has 4 rings (SSSR count). The molecule has 1 spiro atoms. The van der Waals surface area contributed by atoms with Gasteiger partial charge < -0.3 is 10.1 Å². The first-order chi connectivity index (χ1) is 13.9. The van der Waals surface area contributed by atoms with E-state index in [4.69, 9.17) is 17.0 Å². The molecule has 0 radical (unpaired) electrons. The Labute approximate surface area is 174 Å². The van der Waals surface area contributed by atoms with E-state index in [1.54, 1.807) is 6.07 Å². The molecule has 1 atom stereocenters. The summed E-state index contributed by atoms with van der Waals surface area (Å²) in [6.45, 7) is 0. The number of halogens is 3. The van der Waals surface area contributed by atoms with Crippen molar-refractivity contribution in [1.82, 2.24) is 0 Å². The van der Waals surface area contributed by atoms with E-state index >= 15 is 0 Å². The maximum atomic E-state index is 12.9. The second-order valence-electron chi connectivity index (χ2n) is 8.18. The molecule has 2 fully saturated rings. The number of ether oxygens (including phenoxy) is 1. The third-order valence-corrected chi connectivity index (χ3v) is 6.72. The standard InChI is InChI=1S/C23H24F3NOS/c24-23(25,26)18-7-4-8-19(15-18)27-21(29)28-20-11-14-22(20)12-9-17(10-13-22)16-5-2-1-3-6-16/h1-8,15,17,20H,9-14H2,(H,27,29). The summed E-state index contributed by atoms with van der Waals surface area (Å²) in [7, 11) is 0. The van der Waals surface area contributed by atoms with Crippen LogP contribution in [0.25, 0.3) is 0 Å². The first kappa shape index (κ1) is 20.2. The molecule has 2 aliphatic carbocycles. The Morgan fingerprint density at radius 3 is 2.28 bits per heavy atom. The van der Waals surface area contributed by atoms with Crippen LogP contribution in [-0.4, -0.2) is 11.3 Å². The maximum absolute atomic E-state index is 12.9. The molecule has 2 aromatic carbocycles. The van der Waals surface area contributed by atoms with Crippen LogP contribution in [0.5, 0.6) is 0 Å². The first-order valence-electron chi connectivity index (χ1n) is 10.1. The van der Waals surface area contributed by atoms with Gasteiger partial charge in [-0.05, 0) is 80.4 Å². The van der Waals surface area contributed by atoms with E-state index in [0.717, 1.165) is 50.7 Å². The summed E-state index contributed by atoms with van der Waals surface area (Å²) in [4.78, 5) is 0. The second kappa shape index (κ2) is 7.98. The van der Waals surface area contributed by atoms with Gasteiger partial charge in [-0.15, -0.1) is 0 Å². The van der Waals surface area contributed by atoms with Gasteiger partial charge in [0.25, 0.3) is 5.17 Å². The van der Waals surface area contributed by atoms with Gasteiger partial charge in [0.15, 0.2) is 0 Å². The van der Waals surface area contributed by atoms with E-state index in [9.17, 15) is 13.2 Å². The van der Waals surface area contributed by atoms with Crippen molar-refractivity contribution in [3.05, 3.63) is 65.7 Å². The number of thiocarbonyl (C=S) groups is 1. The highest BCUT2D eigenvalue weighted by Gasteiger charge is 2.50. The van der Waals surface area contributed by atoms with Crippen LogP contribution in [0, 0.1) is 5.41 Å². The summed E-state index contributed by atoms with van der Waals surface area (Å²) >= 11 is 5.29. The lowest BCUT2D eigenvalue weighted by Crippen LogP contribution is -2.49. The van der Waals surface area contributed by atoms with Gasteiger partial charge in [-0.3, -0.25) is 0 Å². The Morgan fingerprint density at radius 2 is 1.66 bits per heavy atom. The average Bonchev–Trinajstić information content (AvgIpc) is 2.72. The summed E-state index contributed by atoms with van der Waals surface area (Å²) in [6, 6.07) is 15.6. The molecule has 0 aliphatic heterocycles. The third-order valence-electron chi connectivity index (χ3n) is 6.53. The average molecular weight is 420 g/mol. The predicted molar refractivity (Wildman–Crippen MR) is 112 cm³/mol. The Kier molecular flexibility index (Phi) is 5.56. The highest BCUT2D eigenvalue weighted by Crippen LogP contribution is 2.55. The largest absolute Gasteiger partial charge is 0.467 e. The topological polar surface area (TPSA) is 21.3 Å². The van der Waals surface area contributed by atoms with Crippen molar-refractivity contribution < 1.29 is 17.9 Å². The van der Waals surface area contributed by atoms with E-state index in [2.05, 4.69) is 29.6 Å². The van der Waals surface area contributed by atoms with Crippen LogP contribution in [0.4, 0.5) is 18.9 Å². The van der Waals surface area contributed by atoms with Crippen LogP contribution in [0.2, 0.25) is 0 Å². The van der Waals surface area contributed by atoms with Gasteiger partial charge in [-0.25, -0.2) is 0 Å². The first-order valence-corrected chi connectivity index (χ1v) is 10.5. The summed E-state index contributed by atoms with van der Waals surface area (Å²) in [6.07, 6.45) is 2.22. The van der Waals surface area contributed by atoms with E-state index < -0.39 is 11.7 Å². The van der Waals surface area contributed by atoms with Crippen LogP contribution >= 0.6 is 12.2 Å². The number of hydrogen-bond donors (Lipinski definition) is 1. The molecule has 6 heteroatoms. The van der Waals surface area contributed by atoms with Crippen molar-refractivity contribution in [2.24, 2.45) is 5.41 Å². The van der Waals surface area contributed by atoms with E-state index in [1.807, 2.05) is 6.07 Å². The minimum absolute atomic E-state index is 0.0463. The molecule has 0 saturated heterocycles. The number of hydrogen-bond acceptors (Lipinski definition) is 2. The van der Waals surface area contributed by atoms with E-state index in [-0.39, 0.29) is 16.7 Å². The number of alkyl halides is 3. The molecular weight excluding hydrogens is 395 g/mol. The molecule has 2 saturated carbocycles. The van der Waals surface area contributed by atoms with Gasteiger partial charge in [0, 0.05) is 11.1 Å². The highest BCUT2D eigenvalue weighted by atomic mass is 32.1. The number of rotatable bonds is 3. The zero-order valence-corrected chi connectivity index (χ0v) is 16.9. The molecule has 2 nitrogen and oxygen atoms in total. The number of benzene rings is 2. The van der Waals surface area contributed by atoms with Gasteiger partial charge in [0.1, 0.15) is 6.10 Å². The van der Waals surface area contributed by atoms with E-state index in [1.165, 1.54) is 11.6 Å². The molecule has 0 amide bonds.